The summed E-state index contributed by atoms with van der Waals surface area (Å²) >= 11 is 0. The summed E-state index contributed by atoms with van der Waals surface area (Å²) < 4.78 is 5.52. The fourth-order valence-corrected chi connectivity index (χ4v) is 5.38. The molecule has 3 aliphatic rings. The van der Waals surface area contributed by atoms with Gasteiger partial charge in [-0.3, -0.25) is 14.9 Å². The van der Waals surface area contributed by atoms with E-state index in [2.05, 4.69) is 22.3 Å². The maximum atomic E-state index is 12.3. The number of rotatable bonds is 3. The molecular formula is C26H37N3O4. The van der Waals surface area contributed by atoms with Gasteiger partial charge >= 0.3 is 6.09 Å². The Balaban J connectivity index is 1.28. The molecule has 3 fully saturated rings. The normalized spacial score (nSPS) is 24.0. The molecule has 3 saturated heterocycles. The van der Waals surface area contributed by atoms with E-state index in [0.29, 0.717) is 24.8 Å². The summed E-state index contributed by atoms with van der Waals surface area (Å²) in [6.45, 7) is 9.35. The lowest BCUT2D eigenvalue weighted by molar-refractivity contribution is -0.134. The number of hydrogen-bond acceptors (Lipinski definition) is 5. The summed E-state index contributed by atoms with van der Waals surface area (Å²) in [6, 6.07) is 8.94. The molecule has 1 atom stereocenters. The molecule has 1 N–H and O–H groups in total. The number of piperidine rings is 3. The van der Waals surface area contributed by atoms with E-state index in [-0.39, 0.29) is 23.8 Å². The maximum absolute atomic E-state index is 12.3. The van der Waals surface area contributed by atoms with Gasteiger partial charge in [0.15, 0.2) is 0 Å². The van der Waals surface area contributed by atoms with Crippen LogP contribution in [-0.4, -0.2) is 65.5 Å². The molecule has 3 aliphatic heterocycles. The number of carbonyl (C=O) groups excluding carboxylic acids is 3. The van der Waals surface area contributed by atoms with Gasteiger partial charge in [0.25, 0.3) is 0 Å². The van der Waals surface area contributed by atoms with Crippen LogP contribution in [0, 0.1) is 0 Å². The Kier molecular flexibility index (Phi) is 7.07. The minimum Gasteiger partial charge on any atom is -0.444 e. The summed E-state index contributed by atoms with van der Waals surface area (Å²) in [7, 11) is 0. The minimum atomic E-state index is -0.453. The van der Waals surface area contributed by atoms with Gasteiger partial charge in [-0.15, -0.1) is 0 Å². The van der Waals surface area contributed by atoms with Crippen molar-refractivity contribution in [1.82, 2.24) is 15.1 Å². The molecule has 7 nitrogen and oxygen atoms in total. The van der Waals surface area contributed by atoms with Crippen LogP contribution in [-0.2, 0) is 14.3 Å². The Hall–Kier alpha value is -2.41. The monoisotopic (exact) mass is 455 g/mol. The van der Waals surface area contributed by atoms with Crippen LogP contribution in [0.2, 0.25) is 0 Å². The molecule has 1 unspecified atom stereocenters. The molecule has 0 aliphatic carbocycles. The van der Waals surface area contributed by atoms with Crippen molar-refractivity contribution in [2.75, 3.05) is 26.2 Å². The van der Waals surface area contributed by atoms with Crippen LogP contribution in [0.3, 0.4) is 0 Å². The number of ether oxygens (including phenoxy) is 1. The Morgan fingerprint density at radius 1 is 0.970 bits per heavy atom. The zero-order chi connectivity index (χ0) is 23.6. The third kappa shape index (κ3) is 5.94. The van der Waals surface area contributed by atoms with Gasteiger partial charge in [0.05, 0.1) is 5.92 Å². The van der Waals surface area contributed by atoms with Crippen molar-refractivity contribution in [3.05, 3.63) is 35.4 Å². The van der Waals surface area contributed by atoms with E-state index in [9.17, 15) is 14.4 Å². The average molecular weight is 456 g/mol. The Morgan fingerprint density at radius 2 is 1.64 bits per heavy atom. The lowest BCUT2D eigenvalue weighted by Crippen LogP contribution is -2.49. The fraction of sp³-hybridized carbons (Fsp3) is 0.654. The largest absolute Gasteiger partial charge is 0.444 e. The van der Waals surface area contributed by atoms with E-state index in [1.165, 1.54) is 5.56 Å². The minimum absolute atomic E-state index is 0.170. The highest BCUT2D eigenvalue weighted by molar-refractivity contribution is 6.00. The van der Waals surface area contributed by atoms with Crippen LogP contribution in [0.4, 0.5) is 4.79 Å². The molecule has 0 bridgehead atoms. The van der Waals surface area contributed by atoms with Crippen molar-refractivity contribution < 1.29 is 19.1 Å². The molecule has 1 aromatic rings. The van der Waals surface area contributed by atoms with Crippen LogP contribution in [0.1, 0.15) is 82.3 Å². The maximum Gasteiger partial charge on any atom is 0.410 e. The number of hydrogen-bond donors (Lipinski definition) is 1. The number of nitrogens with one attached hydrogen (secondary N) is 1. The second-order valence-corrected chi connectivity index (χ2v) is 10.7. The number of benzene rings is 1. The van der Waals surface area contributed by atoms with Gasteiger partial charge in [-0.05, 0) is 83.0 Å². The molecule has 180 valence electrons. The Labute approximate surface area is 196 Å². The summed E-state index contributed by atoms with van der Waals surface area (Å²) in [5.41, 5.74) is 1.87. The molecule has 4 rings (SSSR count). The van der Waals surface area contributed by atoms with Gasteiger partial charge < -0.3 is 14.5 Å². The highest BCUT2D eigenvalue weighted by Crippen LogP contribution is 2.33. The number of nitrogens with zero attached hydrogens (tertiary/aromatic N) is 2. The molecule has 0 saturated carbocycles. The smallest absolute Gasteiger partial charge is 0.410 e. The first-order chi connectivity index (χ1) is 15.7. The van der Waals surface area contributed by atoms with Gasteiger partial charge in [0.1, 0.15) is 5.60 Å². The van der Waals surface area contributed by atoms with E-state index >= 15 is 0 Å². The zero-order valence-electron chi connectivity index (χ0n) is 20.1. The summed E-state index contributed by atoms with van der Waals surface area (Å²) in [6.07, 6.45) is 5.00. The molecule has 0 radical (unpaired) electrons. The first-order valence-electron chi connectivity index (χ1n) is 12.3. The molecule has 1 aromatic carbocycles. The van der Waals surface area contributed by atoms with Crippen molar-refractivity contribution in [3.63, 3.8) is 0 Å². The van der Waals surface area contributed by atoms with E-state index in [1.54, 1.807) is 0 Å². The SMILES string of the molecule is CC(C)(C)OC(=O)N1CCC(N2CCC(c3cccc(C4CCC(=O)NC4=O)c3)CC2)CC1. The van der Waals surface area contributed by atoms with Crippen molar-refractivity contribution in [2.24, 2.45) is 0 Å². The number of amides is 3. The van der Waals surface area contributed by atoms with Crippen molar-refractivity contribution in [3.8, 4) is 0 Å². The van der Waals surface area contributed by atoms with Crippen LogP contribution in [0.5, 0.6) is 0 Å². The van der Waals surface area contributed by atoms with Gasteiger partial charge in [-0.2, -0.15) is 0 Å². The van der Waals surface area contributed by atoms with Crippen LogP contribution >= 0.6 is 0 Å². The summed E-state index contributed by atoms with van der Waals surface area (Å²) in [5, 5.41) is 2.47. The molecule has 0 aromatic heterocycles. The van der Waals surface area contributed by atoms with Gasteiger partial charge in [-0.25, -0.2) is 4.79 Å². The molecule has 7 heteroatoms. The summed E-state index contributed by atoms with van der Waals surface area (Å²) in [5.74, 6) is -0.0677. The second-order valence-electron chi connectivity index (χ2n) is 10.7. The lowest BCUT2D eigenvalue weighted by Gasteiger charge is -2.42. The number of carbonyl (C=O) groups is 3. The van der Waals surface area contributed by atoms with E-state index in [0.717, 1.165) is 57.4 Å². The quantitative estimate of drug-likeness (QED) is 0.702. The second kappa shape index (κ2) is 9.84. The predicted molar refractivity (Wildman–Crippen MR) is 126 cm³/mol. The highest BCUT2D eigenvalue weighted by Gasteiger charge is 2.32. The third-order valence-electron chi connectivity index (χ3n) is 7.19. The number of imide groups is 1. The Morgan fingerprint density at radius 3 is 2.27 bits per heavy atom. The summed E-state index contributed by atoms with van der Waals surface area (Å²) in [4.78, 5) is 40.5. The fourth-order valence-electron chi connectivity index (χ4n) is 5.38. The van der Waals surface area contributed by atoms with E-state index in [1.807, 2.05) is 37.8 Å². The standard InChI is InChI=1S/C26H37N3O4/c1-26(2,3)33-25(32)29-15-11-21(12-16-29)28-13-9-18(10-14-28)19-5-4-6-20(17-19)22-7-8-23(30)27-24(22)31/h4-6,17-18,21-22H,7-16H2,1-3H3,(H,27,30,31). The van der Waals surface area contributed by atoms with E-state index < -0.39 is 5.60 Å². The van der Waals surface area contributed by atoms with Gasteiger partial charge in [0.2, 0.25) is 11.8 Å². The molecule has 3 amide bonds. The lowest BCUT2D eigenvalue weighted by atomic mass is 9.84. The van der Waals surface area contributed by atoms with E-state index in [4.69, 9.17) is 4.74 Å². The van der Waals surface area contributed by atoms with Gasteiger partial charge in [-0.1, -0.05) is 24.3 Å². The first kappa shape index (κ1) is 23.7. The van der Waals surface area contributed by atoms with Gasteiger partial charge in [0, 0.05) is 25.6 Å². The zero-order valence-corrected chi connectivity index (χ0v) is 20.1. The van der Waals surface area contributed by atoms with Crippen molar-refractivity contribution in [1.29, 1.82) is 0 Å². The molecule has 0 spiro atoms. The molecule has 33 heavy (non-hydrogen) atoms. The average Bonchev–Trinajstić information content (AvgIpc) is 2.78. The first-order valence-corrected chi connectivity index (χ1v) is 12.3. The number of likely N-dealkylation sites (tertiary alicyclic amines) is 2. The van der Waals surface area contributed by atoms with Crippen molar-refractivity contribution >= 4 is 17.9 Å². The van der Waals surface area contributed by atoms with Crippen LogP contribution in [0.15, 0.2) is 24.3 Å². The molecule has 3 heterocycles. The van der Waals surface area contributed by atoms with Crippen molar-refractivity contribution in [2.45, 2.75) is 82.8 Å². The third-order valence-corrected chi connectivity index (χ3v) is 7.19. The highest BCUT2D eigenvalue weighted by atomic mass is 16.6. The van der Waals surface area contributed by atoms with Crippen LogP contribution in [0.25, 0.3) is 0 Å². The molecular weight excluding hydrogens is 418 g/mol. The van der Waals surface area contributed by atoms with Crippen LogP contribution < -0.4 is 5.32 Å². The predicted octanol–water partition coefficient (Wildman–Crippen LogP) is 3.79. The topological polar surface area (TPSA) is 79.0 Å². The Bertz CT molecular complexity index is 878.